The second kappa shape index (κ2) is 8.68. The summed E-state index contributed by atoms with van der Waals surface area (Å²) in [6.45, 7) is 0. The molecule has 3 rings (SSSR count). The van der Waals surface area contributed by atoms with Gasteiger partial charge >= 0.3 is 0 Å². The number of hydrogen-bond acceptors (Lipinski definition) is 7. The number of nitro groups is 1. The van der Waals surface area contributed by atoms with Crippen molar-refractivity contribution >= 4 is 29.6 Å². The van der Waals surface area contributed by atoms with Crippen molar-refractivity contribution in [1.29, 1.82) is 0 Å². The number of carbonyl (C=O) groups excluding carboxylic acids is 1. The van der Waals surface area contributed by atoms with Crippen LogP contribution >= 0.6 is 11.8 Å². The number of aromatic nitrogens is 2. The molecular formula is C18H13N5O3S. The van der Waals surface area contributed by atoms with Crippen LogP contribution in [0.4, 0.5) is 5.69 Å². The standard InChI is InChI=1S/C18H13N5O3S/c24-17(13-5-2-1-3-6-13)22-21-12-14-11-15(23(25)26)7-8-16(14)27-18-19-9-4-10-20-18/h1-12H,(H,22,24)/b21-12+. The first kappa shape index (κ1) is 18.2. The van der Waals surface area contributed by atoms with Crippen LogP contribution in [0.3, 0.4) is 0 Å². The van der Waals surface area contributed by atoms with Gasteiger partial charge in [-0.1, -0.05) is 18.2 Å². The minimum atomic E-state index is -0.493. The molecule has 0 unspecified atom stereocenters. The maximum absolute atomic E-state index is 12.0. The number of benzene rings is 2. The van der Waals surface area contributed by atoms with E-state index < -0.39 is 4.92 Å². The Morgan fingerprint density at radius 2 is 1.85 bits per heavy atom. The lowest BCUT2D eigenvalue weighted by molar-refractivity contribution is -0.384. The lowest BCUT2D eigenvalue weighted by Gasteiger charge is -2.05. The average molecular weight is 379 g/mol. The van der Waals surface area contributed by atoms with Crippen LogP contribution in [0, 0.1) is 10.1 Å². The second-order valence-corrected chi connectivity index (χ2v) is 6.19. The third-order valence-corrected chi connectivity index (χ3v) is 4.34. The van der Waals surface area contributed by atoms with Crippen molar-refractivity contribution in [3.63, 3.8) is 0 Å². The lowest BCUT2D eigenvalue weighted by atomic mass is 10.2. The number of nitrogens with zero attached hydrogens (tertiary/aromatic N) is 4. The van der Waals surface area contributed by atoms with E-state index in [0.717, 1.165) is 0 Å². The number of nitro benzene ring substituents is 1. The van der Waals surface area contributed by atoms with E-state index in [1.54, 1.807) is 54.9 Å². The fourth-order valence-electron chi connectivity index (χ4n) is 2.09. The number of hydrazone groups is 1. The van der Waals surface area contributed by atoms with Gasteiger partial charge in [-0.15, -0.1) is 0 Å². The highest BCUT2D eigenvalue weighted by Gasteiger charge is 2.12. The summed E-state index contributed by atoms with van der Waals surface area (Å²) in [5, 5.41) is 15.5. The predicted octanol–water partition coefficient (Wildman–Crippen LogP) is 3.30. The molecule has 0 bridgehead atoms. The van der Waals surface area contributed by atoms with Crippen molar-refractivity contribution in [3.05, 3.63) is 88.2 Å². The number of amides is 1. The van der Waals surface area contributed by atoms with Gasteiger partial charge < -0.3 is 0 Å². The van der Waals surface area contributed by atoms with E-state index in [2.05, 4.69) is 20.5 Å². The molecule has 0 aliphatic carbocycles. The van der Waals surface area contributed by atoms with E-state index >= 15 is 0 Å². The topological polar surface area (TPSA) is 110 Å². The molecule has 9 heteroatoms. The van der Waals surface area contributed by atoms with Gasteiger partial charge in [0.2, 0.25) is 0 Å². The first-order valence-electron chi connectivity index (χ1n) is 7.75. The molecule has 0 fully saturated rings. The van der Waals surface area contributed by atoms with Gasteiger partial charge in [0.25, 0.3) is 11.6 Å². The lowest BCUT2D eigenvalue weighted by Crippen LogP contribution is -2.17. The van der Waals surface area contributed by atoms with Crippen LogP contribution in [0.1, 0.15) is 15.9 Å². The Balaban J connectivity index is 1.82. The van der Waals surface area contributed by atoms with E-state index in [1.165, 1.54) is 30.1 Å². The summed E-state index contributed by atoms with van der Waals surface area (Å²) in [6, 6.07) is 14.7. The van der Waals surface area contributed by atoms with Gasteiger partial charge in [0.05, 0.1) is 11.1 Å². The van der Waals surface area contributed by atoms with Crippen molar-refractivity contribution in [1.82, 2.24) is 15.4 Å². The largest absolute Gasteiger partial charge is 0.271 e. The molecule has 27 heavy (non-hydrogen) atoms. The van der Waals surface area contributed by atoms with Crippen LogP contribution in [0.5, 0.6) is 0 Å². The zero-order valence-electron chi connectivity index (χ0n) is 13.9. The Kier molecular flexibility index (Phi) is 5.85. The molecule has 0 spiro atoms. The van der Waals surface area contributed by atoms with Crippen molar-refractivity contribution in [2.24, 2.45) is 5.10 Å². The summed E-state index contributed by atoms with van der Waals surface area (Å²) in [7, 11) is 0. The van der Waals surface area contributed by atoms with Gasteiger partial charge in [0.15, 0.2) is 5.16 Å². The normalized spacial score (nSPS) is 10.7. The third-order valence-electron chi connectivity index (χ3n) is 3.35. The summed E-state index contributed by atoms with van der Waals surface area (Å²) in [4.78, 5) is 31.5. The van der Waals surface area contributed by atoms with E-state index in [9.17, 15) is 14.9 Å². The molecular weight excluding hydrogens is 366 g/mol. The Morgan fingerprint density at radius 3 is 2.56 bits per heavy atom. The van der Waals surface area contributed by atoms with Crippen LogP contribution in [0.25, 0.3) is 0 Å². The molecule has 134 valence electrons. The minimum Gasteiger partial charge on any atom is -0.267 e. The fraction of sp³-hybridized carbons (Fsp3) is 0. The molecule has 0 aliphatic heterocycles. The van der Waals surface area contributed by atoms with E-state index in [0.29, 0.717) is 21.2 Å². The fourth-order valence-corrected chi connectivity index (χ4v) is 2.88. The zero-order valence-corrected chi connectivity index (χ0v) is 14.7. The molecule has 0 saturated heterocycles. The Labute approximate surface area is 158 Å². The Bertz CT molecular complexity index is 981. The SMILES string of the molecule is O=C(N/N=C/c1cc([N+](=O)[O-])ccc1Sc1ncccn1)c1ccccc1. The van der Waals surface area contributed by atoms with E-state index in [1.807, 2.05) is 0 Å². The summed E-state index contributed by atoms with van der Waals surface area (Å²) >= 11 is 1.24. The summed E-state index contributed by atoms with van der Waals surface area (Å²) < 4.78 is 0. The van der Waals surface area contributed by atoms with E-state index in [4.69, 9.17) is 0 Å². The number of carbonyl (C=O) groups is 1. The van der Waals surface area contributed by atoms with Crippen molar-refractivity contribution in [3.8, 4) is 0 Å². The summed E-state index contributed by atoms with van der Waals surface area (Å²) in [5.41, 5.74) is 3.25. The Hall–Kier alpha value is -3.59. The molecule has 1 amide bonds. The van der Waals surface area contributed by atoms with Gasteiger partial charge in [0, 0.05) is 40.5 Å². The van der Waals surface area contributed by atoms with Gasteiger partial charge in [-0.3, -0.25) is 14.9 Å². The monoisotopic (exact) mass is 379 g/mol. The van der Waals surface area contributed by atoms with Crippen molar-refractivity contribution < 1.29 is 9.72 Å². The van der Waals surface area contributed by atoms with Crippen LogP contribution < -0.4 is 5.43 Å². The summed E-state index contributed by atoms with van der Waals surface area (Å²) in [5.74, 6) is -0.377. The molecule has 1 N–H and O–H groups in total. The molecule has 1 heterocycles. The molecule has 2 aromatic carbocycles. The van der Waals surface area contributed by atoms with Crippen LogP contribution in [0.2, 0.25) is 0 Å². The quantitative estimate of drug-likeness (QED) is 0.304. The number of non-ortho nitro benzene ring substituents is 1. The molecule has 0 saturated carbocycles. The highest BCUT2D eigenvalue weighted by molar-refractivity contribution is 7.99. The highest BCUT2D eigenvalue weighted by Crippen LogP contribution is 2.29. The molecule has 0 atom stereocenters. The molecule has 3 aromatic rings. The van der Waals surface area contributed by atoms with Crippen LogP contribution in [-0.2, 0) is 0 Å². The van der Waals surface area contributed by atoms with Gasteiger partial charge in [-0.05, 0) is 36.0 Å². The third kappa shape index (κ3) is 4.95. The maximum atomic E-state index is 12.0. The summed E-state index contributed by atoms with van der Waals surface area (Å²) in [6.07, 6.45) is 4.57. The maximum Gasteiger partial charge on any atom is 0.271 e. The molecule has 0 radical (unpaired) electrons. The van der Waals surface area contributed by atoms with Crippen molar-refractivity contribution in [2.75, 3.05) is 0 Å². The van der Waals surface area contributed by atoms with Crippen molar-refractivity contribution in [2.45, 2.75) is 10.1 Å². The Morgan fingerprint density at radius 1 is 1.11 bits per heavy atom. The predicted molar refractivity (Wildman–Crippen MR) is 101 cm³/mol. The first-order valence-corrected chi connectivity index (χ1v) is 8.57. The smallest absolute Gasteiger partial charge is 0.267 e. The number of hydrogen-bond donors (Lipinski definition) is 1. The van der Waals surface area contributed by atoms with Gasteiger partial charge in [-0.25, -0.2) is 15.4 Å². The molecule has 8 nitrogen and oxygen atoms in total. The second-order valence-electron chi connectivity index (χ2n) is 5.18. The minimum absolute atomic E-state index is 0.0795. The molecule has 1 aromatic heterocycles. The number of nitrogens with one attached hydrogen (secondary N) is 1. The zero-order chi connectivity index (χ0) is 19.1. The molecule has 0 aliphatic rings. The van der Waals surface area contributed by atoms with Crippen LogP contribution in [0.15, 0.2) is 82.1 Å². The highest BCUT2D eigenvalue weighted by atomic mass is 32.2. The average Bonchev–Trinajstić information content (AvgIpc) is 2.70. The number of rotatable bonds is 6. The van der Waals surface area contributed by atoms with Gasteiger partial charge in [-0.2, -0.15) is 5.10 Å². The van der Waals surface area contributed by atoms with Gasteiger partial charge in [0.1, 0.15) is 0 Å². The first-order chi connectivity index (χ1) is 13.1. The van der Waals surface area contributed by atoms with Crippen LogP contribution in [-0.4, -0.2) is 27.0 Å². The van der Waals surface area contributed by atoms with E-state index in [-0.39, 0.29) is 11.6 Å².